The van der Waals surface area contributed by atoms with Crippen LogP contribution in [-0.4, -0.2) is 53.3 Å². The molecular weight excluding hydrogens is 526 g/mol. The Hall–Kier alpha value is -4.63. The molecule has 0 N–H and O–H groups in total. The van der Waals surface area contributed by atoms with E-state index in [1.807, 2.05) is 67.7 Å². The summed E-state index contributed by atoms with van der Waals surface area (Å²) in [6.45, 7) is 3.33. The summed E-state index contributed by atoms with van der Waals surface area (Å²) in [5, 5.41) is 1.16. The van der Waals surface area contributed by atoms with Crippen LogP contribution in [0, 0.1) is 0 Å². The summed E-state index contributed by atoms with van der Waals surface area (Å²) >= 11 is 5.70. The van der Waals surface area contributed by atoms with Gasteiger partial charge in [-0.1, -0.05) is 36.4 Å². The molecule has 1 aliphatic heterocycles. The number of ether oxygens (including phenoxy) is 3. The fourth-order valence-electron chi connectivity index (χ4n) is 4.61. The molecule has 0 bridgehead atoms. The van der Waals surface area contributed by atoms with E-state index in [-0.39, 0.29) is 23.3 Å². The first-order valence-corrected chi connectivity index (χ1v) is 13.3. The maximum Gasteiger partial charge on any atom is 0.325 e. The number of fused-ring (bicyclic) bond motifs is 1. The highest BCUT2D eigenvalue weighted by Crippen LogP contribution is 2.32. The van der Waals surface area contributed by atoms with Crippen LogP contribution in [-0.2, 0) is 20.9 Å². The lowest BCUT2D eigenvalue weighted by molar-refractivity contribution is -0.140. The van der Waals surface area contributed by atoms with Crippen molar-refractivity contribution in [3.63, 3.8) is 0 Å². The summed E-state index contributed by atoms with van der Waals surface area (Å²) in [6.07, 6.45) is 3.77. The lowest BCUT2D eigenvalue weighted by Crippen LogP contribution is -2.35. The molecule has 4 aromatic rings. The third kappa shape index (κ3) is 5.55. The van der Waals surface area contributed by atoms with E-state index < -0.39 is 5.97 Å². The first-order valence-electron chi connectivity index (χ1n) is 12.9. The van der Waals surface area contributed by atoms with Crippen molar-refractivity contribution in [2.45, 2.75) is 13.5 Å². The number of hydrogen-bond acceptors (Lipinski definition) is 6. The zero-order valence-electron chi connectivity index (χ0n) is 22.3. The molecule has 1 fully saturated rings. The number of esters is 1. The van der Waals surface area contributed by atoms with Crippen molar-refractivity contribution in [2.24, 2.45) is 0 Å². The Labute approximate surface area is 238 Å². The zero-order chi connectivity index (χ0) is 28.1. The third-order valence-corrected chi connectivity index (χ3v) is 6.91. The van der Waals surface area contributed by atoms with Gasteiger partial charge in [-0.05, 0) is 67.7 Å². The van der Waals surface area contributed by atoms with Crippen LogP contribution in [0.1, 0.15) is 12.5 Å². The fourth-order valence-corrected chi connectivity index (χ4v) is 4.96. The number of nitrogens with zero attached hydrogens (tertiary/aromatic N) is 3. The second-order valence-electron chi connectivity index (χ2n) is 9.00. The molecular formula is C31H29N3O5S. The number of thiocarbonyl (C=S) groups is 1. The minimum atomic E-state index is -0.505. The number of benzene rings is 3. The largest absolute Gasteiger partial charge is 0.494 e. The van der Waals surface area contributed by atoms with Crippen LogP contribution in [0.4, 0.5) is 5.69 Å². The minimum Gasteiger partial charge on any atom is -0.494 e. The number of rotatable bonds is 10. The first kappa shape index (κ1) is 27.0. The van der Waals surface area contributed by atoms with Crippen LogP contribution >= 0.6 is 12.2 Å². The van der Waals surface area contributed by atoms with Gasteiger partial charge in [-0.25, -0.2) is 0 Å². The molecule has 1 aliphatic rings. The molecule has 8 nitrogen and oxygen atoms in total. The van der Waals surface area contributed by atoms with E-state index >= 15 is 0 Å². The van der Waals surface area contributed by atoms with E-state index in [1.54, 1.807) is 30.3 Å². The van der Waals surface area contributed by atoms with Gasteiger partial charge in [0.05, 0.1) is 25.9 Å². The molecule has 0 unspecified atom stereocenters. The summed E-state index contributed by atoms with van der Waals surface area (Å²) in [4.78, 5) is 29.1. The normalized spacial score (nSPS) is 14.3. The van der Waals surface area contributed by atoms with Gasteiger partial charge in [0.25, 0.3) is 5.91 Å². The monoisotopic (exact) mass is 555 g/mol. The van der Waals surface area contributed by atoms with E-state index in [9.17, 15) is 9.59 Å². The molecule has 2 heterocycles. The number of aromatic nitrogens is 1. The Balaban J connectivity index is 1.48. The average Bonchev–Trinajstić information content (AvgIpc) is 3.44. The summed E-state index contributed by atoms with van der Waals surface area (Å²) in [5.41, 5.74) is 2.69. The molecule has 0 aliphatic carbocycles. The number of carbonyl (C=O) groups excluding carboxylic acids is 2. The second kappa shape index (κ2) is 12.0. The Morgan fingerprint density at radius 1 is 0.925 bits per heavy atom. The molecule has 0 saturated carbocycles. The van der Waals surface area contributed by atoms with Crippen LogP contribution in [0.25, 0.3) is 17.0 Å². The Morgan fingerprint density at radius 2 is 1.62 bits per heavy atom. The number of methoxy groups -OCH3 is 1. The first-order chi connectivity index (χ1) is 19.5. The maximum atomic E-state index is 13.8. The zero-order valence-corrected chi connectivity index (χ0v) is 23.1. The minimum absolute atomic E-state index is 0.190. The molecule has 9 heteroatoms. The lowest BCUT2D eigenvalue weighted by atomic mass is 10.1. The summed E-state index contributed by atoms with van der Waals surface area (Å²) < 4.78 is 18.4. The smallest absolute Gasteiger partial charge is 0.325 e. The van der Waals surface area contributed by atoms with Crippen LogP contribution in [0.15, 0.2) is 90.8 Å². The van der Waals surface area contributed by atoms with Crippen LogP contribution < -0.4 is 14.4 Å². The molecule has 1 amide bonds. The molecule has 0 atom stereocenters. The average molecular weight is 556 g/mol. The van der Waals surface area contributed by atoms with Crippen molar-refractivity contribution in [1.29, 1.82) is 0 Å². The highest BCUT2D eigenvalue weighted by molar-refractivity contribution is 7.80. The number of anilines is 1. The van der Waals surface area contributed by atoms with Gasteiger partial charge < -0.3 is 23.7 Å². The third-order valence-electron chi connectivity index (χ3n) is 6.51. The van der Waals surface area contributed by atoms with E-state index in [0.29, 0.717) is 31.2 Å². The molecule has 40 heavy (non-hydrogen) atoms. The van der Waals surface area contributed by atoms with Gasteiger partial charge in [-0.2, -0.15) is 0 Å². The van der Waals surface area contributed by atoms with Crippen molar-refractivity contribution in [3.8, 4) is 11.5 Å². The van der Waals surface area contributed by atoms with Crippen molar-refractivity contribution < 1.29 is 23.8 Å². The van der Waals surface area contributed by atoms with Crippen molar-refractivity contribution >= 4 is 51.9 Å². The van der Waals surface area contributed by atoms with Gasteiger partial charge in [0, 0.05) is 22.7 Å². The number of carbonyl (C=O) groups is 2. The molecule has 0 spiro atoms. The molecule has 1 saturated heterocycles. The number of para-hydroxylation sites is 2. The van der Waals surface area contributed by atoms with Gasteiger partial charge in [0.1, 0.15) is 30.3 Å². The van der Waals surface area contributed by atoms with Crippen molar-refractivity contribution in [1.82, 2.24) is 9.47 Å². The topological polar surface area (TPSA) is 73.2 Å². The fraction of sp³-hybridized carbons (Fsp3) is 0.194. The maximum absolute atomic E-state index is 13.8. The van der Waals surface area contributed by atoms with E-state index in [2.05, 4.69) is 4.57 Å². The van der Waals surface area contributed by atoms with E-state index in [0.717, 1.165) is 22.2 Å². The second-order valence-corrected chi connectivity index (χ2v) is 9.36. The lowest BCUT2D eigenvalue weighted by Gasteiger charge is -2.19. The predicted molar refractivity (Wildman–Crippen MR) is 158 cm³/mol. The van der Waals surface area contributed by atoms with Crippen molar-refractivity contribution in [2.75, 3.05) is 31.8 Å². The van der Waals surface area contributed by atoms with Gasteiger partial charge in [-0.3, -0.25) is 14.5 Å². The Kier molecular flexibility index (Phi) is 8.12. The Morgan fingerprint density at radius 3 is 2.35 bits per heavy atom. The summed E-state index contributed by atoms with van der Waals surface area (Å²) in [6, 6.07) is 24.7. The highest BCUT2D eigenvalue weighted by atomic mass is 32.1. The van der Waals surface area contributed by atoms with Gasteiger partial charge in [0.15, 0.2) is 5.11 Å². The standard InChI is InChI=1S/C31H29N3O5S/c1-3-38-25-15-13-23(14-16-25)34-30(36)28(33(31(34)40)21-29(35)37-2)19-22-20-32(27-12-8-7-11-26(22)27)17-18-39-24-9-5-4-6-10-24/h4-16,19-20H,3,17-18,21H2,1-2H3/b28-19-. The number of amides is 1. The van der Waals surface area contributed by atoms with E-state index in [4.69, 9.17) is 26.4 Å². The molecule has 3 aromatic carbocycles. The Bertz CT molecular complexity index is 1560. The number of hydrogen-bond donors (Lipinski definition) is 0. The predicted octanol–water partition coefficient (Wildman–Crippen LogP) is 5.27. The molecule has 5 rings (SSSR count). The van der Waals surface area contributed by atoms with Gasteiger partial charge in [0.2, 0.25) is 0 Å². The van der Waals surface area contributed by atoms with Crippen LogP contribution in [0.2, 0.25) is 0 Å². The van der Waals surface area contributed by atoms with Gasteiger partial charge in [-0.15, -0.1) is 0 Å². The van der Waals surface area contributed by atoms with Crippen LogP contribution in [0.3, 0.4) is 0 Å². The molecule has 1 aromatic heterocycles. The summed E-state index contributed by atoms with van der Waals surface area (Å²) in [7, 11) is 1.31. The van der Waals surface area contributed by atoms with E-state index in [1.165, 1.54) is 16.9 Å². The van der Waals surface area contributed by atoms with Gasteiger partial charge >= 0.3 is 5.97 Å². The van der Waals surface area contributed by atoms with Crippen molar-refractivity contribution in [3.05, 3.63) is 96.3 Å². The SMILES string of the molecule is CCOc1ccc(N2C(=O)/C(=C/c3cn(CCOc4ccccc4)c4ccccc34)N(CC(=O)OC)C2=S)cc1. The van der Waals surface area contributed by atoms with Crippen LogP contribution in [0.5, 0.6) is 11.5 Å². The summed E-state index contributed by atoms with van der Waals surface area (Å²) in [5.74, 6) is 0.659. The molecule has 204 valence electrons. The highest BCUT2D eigenvalue weighted by Gasteiger charge is 2.40. The molecule has 0 radical (unpaired) electrons. The quantitative estimate of drug-likeness (QED) is 0.150.